The number of alkyl halides is 1. The number of nitrogens with zero attached hydrogens (tertiary/aromatic N) is 2. The van der Waals surface area contributed by atoms with Crippen molar-refractivity contribution in [2.45, 2.75) is 38.1 Å². The summed E-state index contributed by atoms with van der Waals surface area (Å²) in [6.07, 6.45) is -1.64. The molecule has 8 nitrogen and oxygen atoms in total. The lowest BCUT2D eigenvalue weighted by molar-refractivity contribution is 0.0483. The first kappa shape index (κ1) is 22.2. The van der Waals surface area contributed by atoms with E-state index in [-0.39, 0.29) is 34.3 Å². The highest BCUT2D eigenvalue weighted by atomic mass is 32.1. The Morgan fingerprint density at radius 1 is 1.34 bits per heavy atom. The fraction of sp³-hybridized carbons (Fsp3) is 0.350. The molecule has 0 spiro atoms. The van der Waals surface area contributed by atoms with Gasteiger partial charge in [0.1, 0.15) is 39.6 Å². The van der Waals surface area contributed by atoms with E-state index >= 15 is 0 Å². The molecule has 0 radical (unpaired) electrons. The minimum Gasteiger partial charge on any atom is -0.389 e. The molecule has 0 saturated carbocycles. The van der Waals surface area contributed by atoms with Crippen LogP contribution < -0.4 is 16.8 Å². The molecule has 12 heteroatoms. The summed E-state index contributed by atoms with van der Waals surface area (Å²) in [5.41, 5.74) is 12.3. The highest BCUT2D eigenvalue weighted by Gasteiger charge is 2.32. The SMILES string of the molecule is Cc1[nH]nc(C2CC(F)C(N)CCO2)c1NC(=O)c1nc(-c2c(F)cccc2F)sc1N. The number of benzene rings is 1. The fourth-order valence-electron chi connectivity index (χ4n) is 3.48. The zero-order valence-corrected chi connectivity index (χ0v) is 17.8. The maximum absolute atomic E-state index is 14.3. The molecule has 1 saturated heterocycles. The van der Waals surface area contributed by atoms with E-state index < -0.39 is 35.9 Å². The van der Waals surface area contributed by atoms with Crippen LogP contribution in [0.15, 0.2) is 18.2 Å². The Bertz CT molecular complexity index is 1130. The number of thiazole rings is 1. The summed E-state index contributed by atoms with van der Waals surface area (Å²) in [4.78, 5) is 17.0. The van der Waals surface area contributed by atoms with E-state index in [1.54, 1.807) is 6.92 Å². The van der Waals surface area contributed by atoms with E-state index in [0.717, 1.165) is 23.5 Å². The third-order valence-corrected chi connectivity index (χ3v) is 6.14. The molecule has 3 atom stereocenters. The number of nitrogens with two attached hydrogens (primary N) is 2. The van der Waals surface area contributed by atoms with Gasteiger partial charge in [-0.05, 0) is 25.5 Å². The van der Waals surface area contributed by atoms with Gasteiger partial charge < -0.3 is 21.5 Å². The molecule has 0 aliphatic carbocycles. The van der Waals surface area contributed by atoms with Crippen molar-refractivity contribution in [3.8, 4) is 10.6 Å². The van der Waals surface area contributed by atoms with Gasteiger partial charge in [0.2, 0.25) is 0 Å². The topological polar surface area (TPSA) is 132 Å². The second-order valence-corrected chi connectivity index (χ2v) is 8.49. The zero-order valence-electron chi connectivity index (χ0n) is 17.0. The van der Waals surface area contributed by atoms with Crippen LogP contribution in [-0.4, -0.2) is 39.9 Å². The quantitative estimate of drug-likeness (QED) is 0.466. The van der Waals surface area contributed by atoms with Crippen LogP contribution in [0.2, 0.25) is 0 Å². The van der Waals surface area contributed by atoms with Crippen LogP contribution in [0.1, 0.15) is 40.8 Å². The summed E-state index contributed by atoms with van der Waals surface area (Å²) in [6.45, 7) is 1.92. The molecular formula is C20H21F3N6O2S. The van der Waals surface area contributed by atoms with Crippen LogP contribution in [0.3, 0.4) is 0 Å². The average Bonchev–Trinajstić information content (AvgIpc) is 3.24. The number of amides is 1. The molecule has 3 aromatic rings. The monoisotopic (exact) mass is 466 g/mol. The number of rotatable bonds is 4. The first-order valence-corrected chi connectivity index (χ1v) is 10.7. The number of anilines is 2. The van der Waals surface area contributed by atoms with Crippen LogP contribution >= 0.6 is 11.3 Å². The lowest BCUT2D eigenvalue weighted by atomic mass is 10.0. The standard InChI is InChI=1S/C20H21F3N6O2S/c1-8-15(16(29-28-8)13-7-11(23)12(24)5-6-31-13)26-19(30)17-18(25)32-20(27-17)14-9(21)3-2-4-10(14)22/h2-4,11-13H,5-7,24-25H2,1H3,(H,26,30)(H,28,29). The first-order chi connectivity index (χ1) is 15.3. The smallest absolute Gasteiger partial charge is 0.277 e. The Morgan fingerprint density at radius 2 is 2.06 bits per heavy atom. The molecule has 170 valence electrons. The van der Waals surface area contributed by atoms with E-state index in [2.05, 4.69) is 20.5 Å². The van der Waals surface area contributed by atoms with Crippen LogP contribution in [0.4, 0.5) is 23.9 Å². The maximum atomic E-state index is 14.3. The van der Waals surface area contributed by atoms with Crippen LogP contribution in [-0.2, 0) is 4.74 Å². The number of hydrogen-bond acceptors (Lipinski definition) is 7. The molecule has 1 fully saturated rings. The molecule has 4 rings (SSSR count). The van der Waals surface area contributed by atoms with Gasteiger partial charge in [0.05, 0.1) is 16.9 Å². The predicted molar refractivity (Wildman–Crippen MR) is 114 cm³/mol. The molecule has 3 unspecified atom stereocenters. The lowest BCUT2D eigenvalue weighted by Gasteiger charge is -2.17. The summed E-state index contributed by atoms with van der Waals surface area (Å²) in [6, 6.07) is 2.78. The third-order valence-electron chi connectivity index (χ3n) is 5.24. The van der Waals surface area contributed by atoms with Crippen molar-refractivity contribution < 1.29 is 22.7 Å². The van der Waals surface area contributed by atoms with Crippen molar-refractivity contribution in [3.63, 3.8) is 0 Å². The third kappa shape index (κ3) is 4.20. The Balaban J connectivity index is 1.61. The number of carbonyl (C=O) groups excluding carboxylic acids is 1. The second-order valence-electron chi connectivity index (χ2n) is 7.46. The number of aromatic nitrogens is 3. The Morgan fingerprint density at radius 3 is 2.78 bits per heavy atom. The van der Waals surface area contributed by atoms with Crippen molar-refractivity contribution in [1.82, 2.24) is 15.2 Å². The number of hydrogen-bond donors (Lipinski definition) is 4. The summed E-state index contributed by atoms with van der Waals surface area (Å²) in [5, 5.41) is 9.51. The summed E-state index contributed by atoms with van der Waals surface area (Å²) in [5.74, 6) is -2.33. The lowest BCUT2D eigenvalue weighted by Crippen LogP contribution is -2.31. The van der Waals surface area contributed by atoms with Crippen molar-refractivity contribution in [2.75, 3.05) is 17.7 Å². The van der Waals surface area contributed by atoms with Gasteiger partial charge in [0, 0.05) is 19.1 Å². The van der Waals surface area contributed by atoms with E-state index in [1.165, 1.54) is 6.07 Å². The minimum atomic E-state index is -1.28. The van der Waals surface area contributed by atoms with Gasteiger partial charge >= 0.3 is 0 Å². The number of carbonyl (C=O) groups is 1. The van der Waals surface area contributed by atoms with Crippen LogP contribution in [0, 0.1) is 18.6 Å². The number of H-pyrrole nitrogens is 1. The Kier molecular flexibility index (Phi) is 6.17. The number of ether oxygens (including phenoxy) is 1. The highest BCUT2D eigenvalue weighted by molar-refractivity contribution is 7.19. The first-order valence-electron chi connectivity index (χ1n) is 9.84. The highest BCUT2D eigenvalue weighted by Crippen LogP contribution is 2.36. The fourth-order valence-corrected chi connectivity index (χ4v) is 4.36. The zero-order chi connectivity index (χ0) is 23.0. The maximum Gasteiger partial charge on any atom is 0.277 e. The molecular weight excluding hydrogens is 445 g/mol. The number of halogens is 3. The van der Waals surface area contributed by atoms with E-state index in [0.29, 0.717) is 23.5 Å². The summed E-state index contributed by atoms with van der Waals surface area (Å²) in [7, 11) is 0. The number of nitrogen functional groups attached to an aromatic ring is 1. The Labute approximate surface area is 185 Å². The number of aryl methyl sites for hydroxylation is 1. The Hall–Kier alpha value is -2.96. The largest absolute Gasteiger partial charge is 0.389 e. The van der Waals surface area contributed by atoms with Gasteiger partial charge in [-0.15, -0.1) is 0 Å². The molecule has 1 aliphatic rings. The molecule has 32 heavy (non-hydrogen) atoms. The van der Waals surface area contributed by atoms with Gasteiger partial charge in [0.25, 0.3) is 5.91 Å². The molecule has 3 heterocycles. The molecule has 1 aromatic carbocycles. The van der Waals surface area contributed by atoms with Gasteiger partial charge in [0.15, 0.2) is 5.69 Å². The molecule has 1 aliphatic heterocycles. The second kappa shape index (κ2) is 8.88. The van der Waals surface area contributed by atoms with Crippen LogP contribution in [0.25, 0.3) is 10.6 Å². The van der Waals surface area contributed by atoms with Crippen LogP contribution in [0.5, 0.6) is 0 Å². The summed E-state index contributed by atoms with van der Waals surface area (Å²) < 4.78 is 48.2. The van der Waals surface area contributed by atoms with Gasteiger partial charge in [-0.3, -0.25) is 9.89 Å². The van der Waals surface area contributed by atoms with Crippen molar-refractivity contribution >= 4 is 27.9 Å². The normalized spacial score (nSPS) is 21.3. The molecule has 6 N–H and O–H groups in total. The number of nitrogens with one attached hydrogen (secondary N) is 2. The van der Waals surface area contributed by atoms with E-state index in [4.69, 9.17) is 16.2 Å². The van der Waals surface area contributed by atoms with Crippen molar-refractivity contribution in [1.29, 1.82) is 0 Å². The van der Waals surface area contributed by atoms with E-state index in [1.807, 2.05) is 0 Å². The molecule has 2 aromatic heterocycles. The van der Waals surface area contributed by atoms with Crippen molar-refractivity contribution in [2.24, 2.45) is 5.73 Å². The summed E-state index contributed by atoms with van der Waals surface area (Å²) >= 11 is 0.791. The van der Waals surface area contributed by atoms with Gasteiger partial charge in [-0.1, -0.05) is 17.4 Å². The van der Waals surface area contributed by atoms with E-state index in [9.17, 15) is 18.0 Å². The predicted octanol–water partition coefficient (Wildman–Crippen LogP) is 3.47. The van der Waals surface area contributed by atoms with Gasteiger partial charge in [-0.2, -0.15) is 5.10 Å². The minimum absolute atomic E-state index is 0.0100. The van der Waals surface area contributed by atoms with Gasteiger partial charge in [-0.25, -0.2) is 18.2 Å². The average molecular weight is 466 g/mol. The number of aromatic amines is 1. The molecule has 0 bridgehead atoms. The van der Waals surface area contributed by atoms with Crippen molar-refractivity contribution in [3.05, 3.63) is 46.9 Å². The molecule has 1 amide bonds.